The van der Waals surface area contributed by atoms with E-state index in [0.717, 1.165) is 34.8 Å². The zero-order valence-corrected chi connectivity index (χ0v) is 29.5. The molecule has 7 rings (SSSR count). The van der Waals surface area contributed by atoms with Crippen LogP contribution in [0.4, 0.5) is 11.4 Å². The van der Waals surface area contributed by atoms with Crippen LogP contribution in [0.25, 0.3) is 21.9 Å². The van der Waals surface area contributed by atoms with Crippen molar-refractivity contribution in [3.63, 3.8) is 0 Å². The highest BCUT2D eigenvalue weighted by Crippen LogP contribution is 2.42. The molecule has 2 aliphatic heterocycles. The van der Waals surface area contributed by atoms with Gasteiger partial charge in [-0.1, -0.05) is 78.6 Å². The molecule has 0 N–H and O–H groups in total. The van der Waals surface area contributed by atoms with Gasteiger partial charge in [-0.3, -0.25) is 14.5 Å². The summed E-state index contributed by atoms with van der Waals surface area (Å²) < 4.78 is 3.52. The normalized spacial score (nSPS) is 16.9. The first-order valence-corrected chi connectivity index (χ1v) is 18.1. The topological polar surface area (TPSA) is 60.1 Å². The fourth-order valence-electron chi connectivity index (χ4n) is 6.85. The SMILES string of the molecule is C=C1C=CC(=NC(=O)C2CCN(C(=O)CCCN(C)C3=C/C(=C\c4sc5ccccc5[n+]4C)c4ccccc4N3c3ccccc3)CC2)C=C1. The molecule has 3 aromatic carbocycles. The van der Waals surface area contributed by atoms with Crippen molar-refractivity contribution >= 4 is 62.1 Å². The van der Waals surface area contributed by atoms with Crippen LogP contribution in [0.2, 0.25) is 0 Å². The second kappa shape index (κ2) is 14.6. The van der Waals surface area contributed by atoms with Crippen LogP contribution in [0, 0.1) is 5.92 Å². The van der Waals surface area contributed by atoms with E-state index in [0.29, 0.717) is 44.6 Å². The van der Waals surface area contributed by atoms with E-state index in [-0.39, 0.29) is 17.7 Å². The van der Waals surface area contributed by atoms with Crippen LogP contribution in [0.3, 0.4) is 0 Å². The lowest BCUT2D eigenvalue weighted by Crippen LogP contribution is -2.40. The molecule has 0 radical (unpaired) electrons. The summed E-state index contributed by atoms with van der Waals surface area (Å²) in [5, 5.41) is 1.18. The molecule has 0 saturated carbocycles. The number of likely N-dealkylation sites (tertiary alicyclic amines) is 1. The molecule has 0 spiro atoms. The van der Waals surface area contributed by atoms with Gasteiger partial charge in [-0.25, -0.2) is 4.99 Å². The Morgan fingerprint density at radius 3 is 2.42 bits per heavy atom. The zero-order valence-electron chi connectivity index (χ0n) is 28.7. The standard InChI is InChI=1S/C42H42N5O2S/c1-30-19-21-33(22-20-30)43-42(49)31-23-26-46(27-24-31)40(48)18-11-25-44(2)39-28-32(29-41-45(3)37-16-9-10-17-38(37)50-41)35-14-7-8-15-36(35)47(39)34-12-5-4-6-13-34/h4-10,12-17,19-22,28-29,31H,1,11,18,23-27H2,2-3H3/q+1. The third-order valence-corrected chi connectivity index (χ3v) is 10.8. The van der Waals surface area contributed by atoms with E-state index in [4.69, 9.17) is 0 Å². The van der Waals surface area contributed by atoms with Crippen LogP contribution < -0.4 is 9.47 Å². The van der Waals surface area contributed by atoms with Gasteiger partial charge in [0, 0.05) is 62.4 Å². The van der Waals surface area contributed by atoms with Crippen LogP contribution in [0.15, 0.2) is 132 Å². The molecule has 3 heterocycles. The molecule has 252 valence electrons. The van der Waals surface area contributed by atoms with Crippen LogP contribution in [-0.4, -0.2) is 54.0 Å². The molecule has 0 unspecified atom stereocenters. The van der Waals surface area contributed by atoms with Crippen LogP contribution in [0.5, 0.6) is 0 Å². The Balaban J connectivity index is 1.06. The van der Waals surface area contributed by atoms with E-state index in [1.54, 1.807) is 11.3 Å². The minimum atomic E-state index is -0.147. The Morgan fingerprint density at radius 1 is 0.960 bits per heavy atom. The number of hydrogen-bond donors (Lipinski definition) is 0. The van der Waals surface area contributed by atoms with Crippen molar-refractivity contribution in [3.05, 3.63) is 138 Å². The van der Waals surface area contributed by atoms with E-state index in [2.05, 4.69) is 125 Å². The third kappa shape index (κ3) is 7.03. The number of benzene rings is 3. The fourth-order valence-corrected chi connectivity index (χ4v) is 7.95. The molecule has 50 heavy (non-hydrogen) atoms. The average Bonchev–Trinajstić information content (AvgIpc) is 3.47. The van der Waals surface area contributed by atoms with Crippen LogP contribution in [-0.2, 0) is 16.6 Å². The quantitative estimate of drug-likeness (QED) is 0.178. The third-order valence-electron chi connectivity index (χ3n) is 9.68. The number of rotatable bonds is 8. The van der Waals surface area contributed by atoms with Gasteiger partial charge in [-0.15, -0.1) is 0 Å². The molecular formula is C42H42N5O2S+. The van der Waals surface area contributed by atoms with E-state index in [9.17, 15) is 9.59 Å². The maximum Gasteiger partial charge on any atom is 0.263 e. The Kier molecular flexibility index (Phi) is 9.72. The van der Waals surface area contributed by atoms with E-state index >= 15 is 0 Å². The lowest BCUT2D eigenvalue weighted by molar-refractivity contribution is -0.642. The highest BCUT2D eigenvalue weighted by Gasteiger charge is 2.29. The van der Waals surface area contributed by atoms with Gasteiger partial charge in [0.25, 0.3) is 5.01 Å². The summed E-state index contributed by atoms with van der Waals surface area (Å²) in [6.45, 7) is 5.78. The Morgan fingerprint density at radius 2 is 1.66 bits per heavy atom. The largest absolute Gasteiger partial charge is 0.361 e. The number of fused-ring (bicyclic) bond motifs is 2. The van der Waals surface area contributed by atoms with Crippen molar-refractivity contribution in [2.45, 2.75) is 25.7 Å². The maximum atomic E-state index is 13.3. The number of nitrogens with zero attached hydrogens (tertiary/aromatic N) is 5. The lowest BCUT2D eigenvalue weighted by Gasteiger charge is -2.38. The summed E-state index contributed by atoms with van der Waals surface area (Å²) >= 11 is 1.79. The summed E-state index contributed by atoms with van der Waals surface area (Å²) in [5.41, 5.74) is 7.30. The minimum Gasteiger partial charge on any atom is -0.361 e. The number of thiazole rings is 1. The molecule has 2 amide bonds. The van der Waals surface area contributed by atoms with Gasteiger partial charge in [0.05, 0.1) is 11.4 Å². The minimum absolute atomic E-state index is 0.102. The van der Waals surface area contributed by atoms with Crippen molar-refractivity contribution in [1.82, 2.24) is 9.80 Å². The smallest absolute Gasteiger partial charge is 0.263 e. The molecule has 0 atom stereocenters. The summed E-state index contributed by atoms with van der Waals surface area (Å²) in [6, 6.07) is 27.6. The van der Waals surface area contributed by atoms with Crippen molar-refractivity contribution in [2.75, 3.05) is 31.6 Å². The molecule has 1 saturated heterocycles. The second-order valence-corrected chi connectivity index (χ2v) is 14.1. The van der Waals surface area contributed by atoms with Crippen LogP contribution in [0.1, 0.15) is 36.3 Å². The zero-order chi connectivity index (χ0) is 34.6. The van der Waals surface area contributed by atoms with E-state index in [1.807, 2.05) is 35.3 Å². The Labute approximate surface area is 298 Å². The number of amides is 2. The molecule has 3 aliphatic rings. The first-order chi connectivity index (χ1) is 24.4. The number of aryl methyl sites for hydroxylation is 1. The summed E-state index contributed by atoms with van der Waals surface area (Å²) in [7, 11) is 4.24. The Bertz CT molecular complexity index is 2080. The van der Waals surface area contributed by atoms with Gasteiger partial charge >= 0.3 is 0 Å². The average molecular weight is 681 g/mol. The van der Waals surface area contributed by atoms with Crippen molar-refractivity contribution in [1.29, 1.82) is 0 Å². The van der Waals surface area contributed by atoms with Crippen molar-refractivity contribution in [2.24, 2.45) is 18.0 Å². The number of carbonyl (C=O) groups excluding carboxylic acids is 2. The fraction of sp³-hybridized carbons (Fsp3) is 0.238. The predicted octanol–water partition coefficient (Wildman–Crippen LogP) is 7.86. The maximum absolute atomic E-state index is 13.3. The van der Waals surface area contributed by atoms with Crippen molar-refractivity contribution in [3.8, 4) is 0 Å². The molecule has 8 heteroatoms. The van der Waals surface area contributed by atoms with Gasteiger partial charge < -0.3 is 9.80 Å². The molecule has 1 fully saturated rings. The van der Waals surface area contributed by atoms with Gasteiger partial charge in [-0.05, 0) is 72.9 Å². The van der Waals surface area contributed by atoms with Crippen molar-refractivity contribution < 1.29 is 14.2 Å². The number of aliphatic imine (C=N–C) groups is 1. The monoisotopic (exact) mass is 680 g/mol. The number of allylic oxidation sites excluding steroid dienone is 7. The highest BCUT2D eigenvalue weighted by atomic mass is 32.1. The molecule has 1 aliphatic carbocycles. The predicted molar refractivity (Wildman–Crippen MR) is 205 cm³/mol. The van der Waals surface area contributed by atoms with Gasteiger partial charge in [0.15, 0.2) is 0 Å². The molecule has 4 aromatic rings. The number of hydrogen-bond acceptors (Lipinski definition) is 5. The summed E-state index contributed by atoms with van der Waals surface area (Å²) in [6.07, 6.45) is 14.4. The Hall–Kier alpha value is -5.34. The summed E-state index contributed by atoms with van der Waals surface area (Å²) in [4.78, 5) is 36.9. The van der Waals surface area contributed by atoms with Gasteiger partial charge in [-0.2, -0.15) is 4.57 Å². The lowest BCUT2D eigenvalue weighted by atomic mass is 9.95. The molecule has 1 aromatic heterocycles. The van der Waals surface area contributed by atoms with E-state index < -0.39 is 0 Å². The number of aromatic nitrogens is 1. The van der Waals surface area contributed by atoms with Crippen LogP contribution >= 0.6 is 11.3 Å². The van der Waals surface area contributed by atoms with E-state index in [1.165, 1.54) is 20.8 Å². The second-order valence-electron chi connectivity index (χ2n) is 13.1. The molecule has 7 nitrogen and oxygen atoms in total. The number of para-hydroxylation sites is 3. The number of piperidine rings is 1. The number of anilines is 2. The van der Waals surface area contributed by atoms with Gasteiger partial charge in [0.1, 0.15) is 17.6 Å². The first-order valence-electron chi connectivity index (χ1n) is 17.3. The number of carbonyl (C=O) groups is 2. The van der Waals surface area contributed by atoms with Gasteiger partial charge in [0.2, 0.25) is 17.3 Å². The molecule has 0 bridgehead atoms. The molecular weight excluding hydrogens is 639 g/mol. The highest BCUT2D eigenvalue weighted by molar-refractivity contribution is 7.18. The summed E-state index contributed by atoms with van der Waals surface area (Å²) in [5.74, 6) is 0.959. The first kappa shape index (κ1) is 33.2.